The van der Waals surface area contributed by atoms with Crippen molar-refractivity contribution in [2.75, 3.05) is 6.54 Å². The molecule has 8 nitrogen and oxygen atoms in total. The van der Waals surface area contributed by atoms with Crippen molar-refractivity contribution in [2.24, 2.45) is 0 Å². The summed E-state index contributed by atoms with van der Waals surface area (Å²) in [5.41, 5.74) is 2.46. The third-order valence-corrected chi connectivity index (χ3v) is 5.30. The molecule has 2 aliphatic heterocycles. The molecule has 2 fully saturated rings. The van der Waals surface area contributed by atoms with E-state index in [4.69, 9.17) is 4.74 Å². The molecule has 2 saturated heterocycles. The Balaban J connectivity index is 1.72. The third-order valence-electron chi connectivity index (χ3n) is 4.67. The largest absolute Gasteiger partial charge is 0.444 e. The zero-order valence-electron chi connectivity index (χ0n) is 14.2. The molecule has 0 aliphatic carbocycles. The molecule has 0 aromatic carbocycles. The molecule has 3 rings (SSSR count). The summed E-state index contributed by atoms with van der Waals surface area (Å²) in [7, 11) is 0. The first-order valence-corrected chi connectivity index (χ1v) is 9.35. The number of likely N-dealkylation sites (tertiary alicyclic amines) is 1. The lowest BCUT2D eigenvalue weighted by atomic mass is 10.1. The standard InChI is InChI=1S/C16H22N4O4S/c1-9-4-3-5-20(9)15(22)12(6-11-7-25-8-17-11)18-14(21)13-10(2)24-16(23)19-13/h7-10,12-13H,3-6H2,1-2H3,(H,18,21)(H,19,23)/t9-,10?,12-,13+/m1/s1. The number of thiazole rings is 1. The molecule has 25 heavy (non-hydrogen) atoms. The normalized spacial score (nSPS) is 26.9. The smallest absolute Gasteiger partial charge is 0.408 e. The van der Waals surface area contributed by atoms with Crippen LogP contribution >= 0.6 is 11.3 Å². The van der Waals surface area contributed by atoms with Crippen LogP contribution in [-0.2, 0) is 20.7 Å². The van der Waals surface area contributed by atoms with Crippen molar-refractivity contribution in [3.8, 4) is 0 Å². The fourth-order valence-corrected chi connectivity index (χ4v) is 3.84. The number of rotatable bonds is 5. The minimum absolute atomic E-state index is 0.107. The number of carbonyl (C=O) groups excluding carboxylic acids is 3. The predicted octanol–water partition coefficient (Wildman–Crippen LogP) is 0.678. The van der Waals surface area contributed by atoms with Crippen LogP contribution in [0.3, 0.4) is 0 Å². The summed E-state index contributed by atoms with van der Waals surface area (Å²) >= 11 is 1.45. The Kier molecular flexibility index (Phi) is 5.22. The highest BCUT2D eigenvalue weighted by molar-refractivity contribution is 7.07. The topological polar surface area (TPSA) is 101 Å². The lowest BCUT2D eigenvalue weighted by molar-refractivity contribution is -0.137. The number of nitrogens with zero attached hydrogens (tertiary/aromatic N) is 2. The maximum Gasteiger partial charge on any atom is 0.408 e. The van der Waals surface area contributed by atoms with Crippen LogP contribution in [0.4, 0.5) is 4.79 Å². The number of nitrogens with one attached hydrogen (secondary N) is 2. The monoisotopic (exact) mass is 366 g/mol. The second-order valence-electron chi connectivity index (χ2n) is 6.50. The van der Waals surface area contributed by atoms with Gasteiger partial charge in [0.05, 0.1) is 11.2 Å². The van der Waals surface area contributed by atoms with Crippen LogP contribution in [0.2, 0.25) is 0 Å². The van der Waals surface area contributed by atoms with E-state index in [9.17, 15) is 14.4 Å². The first-order chi connectivity index (χ1) is 12.0. The molecule has 1 unspecified atom stereocenters. The molecule has 0 bridgehead atoms. The highest BCUT2D eigenvalue weighted by Crippen LogP contribution is 2.19. The van der Waals surface area contributed by atoms with Crippen molar-refractivity contribution in [1.82, 2.24) is 20.5 Å². The van der Waals surface area contributed by atoms with E-state index in [1.54, 1.807) is 12.4 Å². The molecule has 4 atom stereocenters. The highest BCUT2D eigenvalue weighted by atomic mass is 32.1. The van der Waals surface area contributed by atoms with Gasteiger partial charge in [-0.2, -0.15) is 0 Å². The fourth-order valence-electron chi connectivity index (χ4n) is 3.26. The molecule has 9 heteroatoms. The number of cyclic esters (lactones) is 1. The average Bonchev–Trinajstić information content (AvgIpc) is 3.28. The summed E-state index contributed by atoms with van der Waals surface area (Å²) in [6.45, 7) is 4.35. The van der Waals surface area contributed by atoms with Gasteiger partial charge >= 0.3 is 6.09 Å². The van der Waals surface area contributed by atoms with Crippen LogP contribution in [0, 0.1) is 0 Å². The molecule has 0 saturated carbocycles. The number of carbonyl (C=O) groups is 3. The quantitative estimate of drug-likeness (QED) is 0.798. The average molecular weight is 366 g/mol. The van der Waals surface area contributed by atoms with Crippen molar-refractivity contribution in [1.29, 1.82) is 0 Å². The second kappa shape index (κ2) is 7.38. The predicted molar refractivity (Wildman–Crippen MR) is 91.0 cm³/mol. The van der Waals surface area contributed by atoms with Gasteiger partial charge in [0.25, 0.3) is 0 Å². The van der Waals surface area contributed by atoms with Gasteiger partial charge in [-0.1, -0.05) is 0 Å². The molecule has 2 aliphatic rings. The van der Waals surface area contributed by atoms with Gasteiger partial charge in [-0.05, 0) is 26.7 Å². The van der Waals surface area contributed by atoms with E-state index in [0.717, 1.165) is 18.5 Å². The molecule has 2 N–H and O–H groups in total. The second-order valence-corrected chi connectivity index (χ2v) is 7.22. The Hall–Kier alpha value is -2.16. The third kappa shape index (κ3) is 3.92. The van der Waals surface area contributed by atoms with Crippen molar-refractivity contribution in [3.63, 3.8) is 0 Å². The first-order valence-electron chi connectivity index (χ1n) is 8.40. The minimum atomic E-state index is -0.797. The summed E-state index contributed by atoms with van der Waals surface area (Å²) in [6, 6.07) is -1.34. The molecule has 3 amide bonds. The number of aromatic nitrogens is 1. The van der Waals surface area contributed by atoms with Crippen LogP contribution in [-0.4, -0.2) is 58.6 Å². The van der Waals surface area contributed by atoms with Gasteiger partial charge < -0.3 is 20.3 Å². The van der Waals surface area contributed by atoms with E-state index < -0.39 is 30.2 Å². The zero-order valence-corrected chi connectivity index (χ0v) is 15.0. The Morgan fingerprint density at radius 1 is 1.52 bits per heavy atom. The minimum Gasteiger partial charge on any atom is -0.444 e. The molecule has 136 valence electrons. The van der Waals surface area contributed by atoms with Gasteiger partial charge in [-0.15, -0.1) is 11.3 Å². The van der Waals surface area contributed by atoms with Crippen LogP contribution < -0.4 is 10.6 Å². The number of alkyl carbamates (subject to hydrolysis) is 1. The lowest BCUT2D eigenvalue weighted by Crippen LogP contribution is -2.55. The Morgan fingerprint density at radius 3 is 2.88 bits per heavy atom. The Labute approximate surface area is 149 Å². The van der Waals surface area contributed by atoms with E-state index >= 15 is 0 Å². The SMILES string of the molecule is CC1OC(=O)N[C@@H]1C(=O)N[C@H](Cc1cscn1)C(=O)N1CCC[C@H]1C. The summed E-state index contributed by atoms with van der Waals surface area (Å²) in [6.07, 6.45) is 1.06. The van der Waals surface area contributed by atoms with Crippen molar-refractivity contribution in [3.05, 3.63) is 16.6 Å². The molecular formula is C16H22N4O4S. The maximum absolute atomic E-state index is 12.9. The highest BCUT2D eigenvalue weighted by Gasteiger charge is 2.39. The maximum atomic E-state index is 12.9. The van der Waals surface area contributed by atoms with E-state index in [1.807, 2.05) is 17.2 Å². The van der Waals surface area contributed by atoms with Crippen LogP contribution in [0.25, 0.3) is 0 Å². The van der Waals surface area contributed by atoms with Gasteiger partial charge in [0.15, 0.2) is 0 Å². The molecule has 3 heterocycles. The fraction of sp³-hybridized carbons (Fsp3) is 0.625. The van der Waals surface area contributed by atoms with Gasteiger partial charge in [0.2, 0.25) is 11.8 Å². The van der Waals surface area contributed by atoms with Gasteiger partial charge in [0, 0.05) is 24.4 Å². The Morgan fingerprint density at radius 2 is 2.32 bits per heavy atom. The molecule has 0 spiro atoms. The van der Waals surface area contributed by atoms with E-state index in [2.05, 4.69) is 15.6 Å². The van der Waals surface area contributed by atoms with Crippen LogP contribution in [0.5, 0.6) is 0 Å². The van der Waals surface area contributed by atoms with Crippen molar-refractivity contribution >= 4 is 29.2 Å². The summed E-state index contributed by atoms with van der Waals surface area (Å²) in [4.78, 5) is 42.8. The molecule has 0 radical (unpaired) electrons. The zero-order chi connectivity index (χ0) is 18.0. The van der Waals surface area contributed by atoms with Crippen molar-refractivity contribution in [2.45, 2.75) is 57.3 Å². The van der Waals surface area contributed by atoms with Gasteiger partial charge in [-0.25, -0.2) is 9.78 Å². The van der Waals surface area contributed by atoms with E-state index in [-0.39, 0.29) is 11.9 Å². The van der Waals surface area contributed by atoms with Gasteiger partial charge in [0.1, 0.15) is 18.2 Å². The number of hydrogen-bond acceptors (Lipinski definition) is 6. The summed E-state index contributed by atoms with van der Waals surface area (Å²) in [5, 5.41) is 7.12. The lowest BCUT2D eigenvalue weighted by Gasteiger charge is -2.28. The van der Waals surface area contributed by atoms with Crippen molar-refractivity contribution < 1.29 is 19.1 Å². The van der Waals surface area contributed by atoms with E-state index in [0.29, 0.717) is 13.0 Å². The summed E-state index contributed by atoms with van der Waals surface area (Å²) < 4.78 is 4.94. The number of amides is 3. The Bertz CT molecular complexity index is 651. The molecule has 1 aromatic heterocycles. The number of ether oxygens (including phenoxy) is 1. The molecule has 1 aromatic rings. The summed E-state index contributed by atoms with van der Waals surface area (Å²) in [5.74, 6) is -0.525. The first kappa shape index (κ1) is 17.7. The molecular weight excluding hydrogens is 344 g/mol. The van der Waals surface area contributed by atoms with Crippen LogP contribution in [0.1, 0.15) is 32.4 Å². The van der Waals surface area contributed by atoms with E-state index in [1.165, 1.54) is 11.3 Å². The van der Waals surface area contributed by atoms with Crippen LogP contribution in [0.15, 0.2) is 10.9 Å². The van der Waals surface area contributed by atoms with Gasteiger partial charge in [-0.3, -0.25) is 9.59 Å². The number of hydrogen-bond donors (Lipinski definition) is 2.